The average molecular weight is 417 g/mol. The molecule has 1 unspecified atom stereocenters. The van der Waals surface area contributed by atoms with Crippen molar-refractivity contribution >= 4 is 10.2 Å². The van der Waals surface area contributed by atoms with Crippen molar-refractivity contribution in [3.8, 4) is 17.1 Å². The summed E-state index contributed by atoms with van der Waals surface area (Å²) in [6, 6.07) is 13.6. The molecular formula is C21H28N4O3S. The molecule has 0 bridgehead atoms. The molecule has 0 N–H and O–H groups in total. The van der Waals surface area contributed by atoms with E-state index >= 15 is 0 Å². The fourth-order valence-electron chi connectivity index (χ4n) is 3.94. The molecule has 8 heteroatoms. The van der Waals surface area contributed by atoms with Gasteiger partial charge in [-0.1, -0.05) is 43.2 Å². The maximum absolute atomic E-state index is 12.9. The van der Waals surface area contributed by atoms with Gasteiger partial charge in [-0.25, -0.2) is 0 Å². The molecule has 0 aliphatic carbocycles. The van der Waals surface area contributed by atoms with Gasteiger partial charge in [0.05, 0.1) is 12.3 Å². The zero-order valence-corrected chi connectivity index (χ0v) is 17.4. The topological polar surface area (TPSA) is 75.6 Å². The highest BCUT2D eigenvalue weighted by atomic mass is 32.2. The normalized spacial score (nSPS) is 21.7. The molecule has 0 radical (unpaired) electrons. The molecule has 2 fully saturated rings. The lowest BCUT2D eigenvalue weighted by atomic mass is 10.1. The molecular weight excluding hydrogens is 388 g/mol. The Hall–Kier alpha value is -2.03. The van der Waals surface area contributed by atoms with E-state index in [-0.39, 0.29) is 5.92 Å². The zero-order chi connectivity index (χ0) is 20.1. The monoisotopic (exact) mass is 416 g/mol. The molecule has 0 saturated carbocycles. The molecule has 156 valence electrons. The van der Waals surface area contributed by atoms with E-state index in [0.717, 1.165) is 43.4 Å². The van der Waals surface area contributed by atoms with E-state index in [9.17, 15) is 8.42 Å². The molecule has 1 aromatic carbocycles. The largest absolute Gasteiger partial charge is 0.476 e. The Labute approximate surface area is 172 Å². The Morgan fingerprint density at radius 2 is 1.66 bits per heavy atom. The number of aromatic nitrogens is 2. The molecule has 2 aromatic rings. The van der Waals surface area contributed by atoms with Gasteiger partial charge in [-0.15, -0.1) is 10.2 Å². The van der Waals surface area contributed by atoms with Gasteiger partial charge in [-0.05, 0) is 25.3 Å². The summed E-state index contributed by atoms with van der Waals surface area (Å²) in [4.78, 5) is 0. The molecule has 1 atom stereocenters. The first-order chi connectivity index (χ1) is 14.1. The van der Waals surface area contributed by atoms with Crippen LogP contribution in [0.2, 0.25) is 0 Å². The lowest BCUT2D eigenvalue weighted by Gasteiger charge is -2.26. The Balaban J connectivity index is 1.30. The van der Waals surface area contributed by atoms with Crippen LogP contribution in [0.4, 0.5) is 0 Å². The third-order valence-electron chi connectivity index (χ3n) is 5.64. The molecule has 2 aliphatic rings. The summed E-state index contributed by atoms with van der Waals surface area (Å²) < 4.78 is 34.9. The Kier molecular flexibility index (Phi) is 6.42. The molecule has 4 rings (SSSR count). The van der Waals surface area contributed by atoms with E-state index in [1.807, 2.05) is 42.5 Å². The van der Waals surface area contributed by atoms with Crippen molar-refractivity contribution in [1.29, 1.82) is 0 Å². The summed E-state index contributed by atoms with van der Waals surface area (Å²) in [7, 11) is -3.35. The highest BCUT2D eigenvalue weighted by Gasteiger charge is 2.35. The molecule has 29 heavy (non-hydrogen) atoms. The summed E-state index contributed by atoms with van der Waals surface area (Å²) in [6.45, 7) is 2.80. The number of nitrogens with zero attached hydrogens (tertiary/aromatic N) is 4. The Morgan fingerprint density at radius 3 is 2.34 bits per heavy atom. The van der Waals surface area contributed by atoms with E-state index < -0.39 is 10.2 Å². The van der Waals surface area contributed by atoms with Gasteiger partial charge in [0, 0.05) is 43.7 Å². The van der Waals surface area contributed by atoms with E-state index in [1.165, 1.54) is 0 Å². The highest BCUT2D eigenvalue weighted by molar-refractivity contribution is 7.86. The van der Waals surface area contributed by atoms with Gasteiger partial charge in [0.2, 0.25) is 5.88 Å². The summed E-state index contributed by atoms with van der Waals surface area (Å²) in [5.74, 6) is 0.644. The second-order valence-electron chi connectivity index (χ2n) is 7.77. The lowest BCUT2D eigenvalue weighted by Crippen LogP contribution is -2.43. The summed E-state index contributed by atoms with van der Waals surface area (Å²) in [5, 5.41) is 8.39. The van der Waals surface area contributed by atoms with Gasteiger partial charge in [0.25, 0.3) is 10.2 Å². The number of hydrogen-bond donors (Lipinski definition) is 0. The first-order valence-corrected chi connectivity index (χ1v) is 11.8. The van der Waals surface area contributed by atoms with Crippen molar-refractivity contribution in [1.82, 2.24) is 18.8 Å². The lowest BCUT2D eigenvalue weighted by molar-refractivity contribution is 0.243. The van der Waals surface area contributed by atoms with Crippen LogP contribution in [0.15, 0.2) is 42.5 Å². The summed E-state index contributed by atoms with van der Waals surface area (Å²) in [5.41, 5.74) is 1.81. The van der Waals surface area contributed by atoms with Crippen LogP contribution >= 0.6 is 0 Å². The van der Waals surface area contributed by atoms with Crippen LogP contribution < -0.4 is 4.74 Å². The predicted octanol–water partition coefficient (Wildman–Crippen LogP) is 2.97. The standard InChI is InChI=1S/C21H28N4O3S/c26-29(27,24-13-6-1-2-7-14-24)25-15-12-18(16-25)17-28-21-11-10-20(22-23-21)19-8-4-3-5-9-19/h3-5,8-11,18H,1-2,6-7,12-17H2. The van der Waals surface area contributed by atoms with Crippen molar-refractivity contribution in [3.63, 3.8) is 0 Å². The first-order valence-electron chi connectivity index (χ1n) is 10.4. The van der Waals surface area contributed by atoms with Crippen LogP contribution in [0.1, 0.15) is 32.1 Å². The minimum absolute atomic E-state index is 0.173. The zero-order valence-electron chi connectivity index (χ0n) is 16.6. The smallest absolute Gasteiger partial charge is 0.281 e. The molecule has 0 spiro atoms. The van der Waals surface area contributed by atoms with Gasteiger partial charge in [-0.3, -0.25) is 0 Å². The van der Waals surface area contributed by atoms with Crippen LogP contribution in [0.3, 0.4) is 0 Å². The number of rotatable bonds is 6. The minimum atomic E-state index is -3.35. The van der Waals surface area contributed by atoms with Crippen LogP contribution in [0.5, 0.6) is 5.88 Å². The van der Waals surface area contributed by atoms with Crippen LogP contribution in [-0.2, 0) is 10.2 Å². The third-order valence-corrected chi connectivity index (χ3v) is 7.64. The van der Waals surface area contributed by atoms with Gasteiger partial charge >= 0.3 is 0 Å². The molecule has 2 aliphatic heterocycles. The van der Waals surface area contributed by atoms with Crippen molar-refractivity contribution in [3.05, 3.63) is 42.5 Å². The van der Waals surface area contributed by atoms with Crippen LogP contribution in [0.25, 0.3) is 11.3 Å². The maximum atomic E-state index is 12.9. The SMILES string of the molecule is O=S(=O)(N1CCCCCC1)N1CCC(COc2ccc(-c3ccccc3)nn2)C1. The van der Waals surface area contributed by atoms with E-state index in [4.69, 9.17) is 4.74 Å². The molecule has 1 aromatic heterocycles. The second-order valence-corrected chi connectivity index (χ2v) is 9.70. The average Bonchev–Trinajstić information content (AvgIpc) is 3.07. The van der Waals surface area contributed by atoms with Gasteiger partial charge in [0.1, 0.15) is 0 Å². The summed E-state index contributed by atoms with van der Waals surface area (Å²) in [6.07, 6.45) is 4.95. The van der Waals surface area contributed by atoms with E-state index in [0.29, 0.717) is 38.7 Å². The van der Waals surface area contributed by atoms with E-state index in [2.05, 4.69) is 10.2 Å². The fourth-order valence-corrected chi connectivity index (χ4v) is 5.72. The number of benzene rings is 1. The highest BCUT2D eigenvalue weighted by Crippen LogP contribution is 2.24. The molecule has 3 heterocycles. The second kappa shape index (κ2) is 9.19. The summed E-state index contributed by atoms with van der Waals surface area (Å²) >= 11 is 0. The fraction of sp³-hybridized carbons (Fsp3) is 0.524. The number of hydrogen-bond acceptors (Lipinski definition) is 5. The van der Waals surface area contributed by atoms with Crippen LogP contribution in [-0.4, -0.2) is 60.0 Å². The van der Waals surface area contributed by atoms with Crippen molar-refractivity contribution in [2.75, 3.05) is 32.8 Å². The van der Waals surface area contributed by atoms with Gasteiger partial charge < -0.3 is 4.74 Å². The Morgan fingerprint density at radius 1 is 0.897 bits per heavy atom. The van der Waals surface area contributed by atoms with Crippen molar-refractivity contribution in [2.24, 2.45) is 5.92 Å². The molecule has 2 saturated heterocycles. The minimum Gasteiger partial charge on any atom is -0.476 e. The van der Waals surface area contributed by atoms with Gasteiger partial charge in [-0.2, -0.15) is 17.0 Å². The third kappa shape index (κ3) is 4.94. The van der Waals surface area contributed by atoms with E-state index in [1.54, 1.807) is 8.61 Å². The van der Waals surface area contributed by atoms with Crippen LogP contribution in [0, 0.1) is 5.92 Å². The van der Waals surface area contributed by atoms with Crippen molar-refractivity contribution in [2.45, 2.75) is 32.1 Å². The Bertz CT molecular complexity index is 882. The van der Waals surface area contributed by atoms with Crippen molar-refractivity contribution < 1.29 is 13.2 Å². The van der Waals surface area contributed by atoms with Gasteiger partial charge in [0.15, 0.2) is 0 Å². The predicted molar refractivity (Wildman–Crippen MR) is 112 cm³/mol. The molecule has 0 amide bonds. The molecule has 7 nitrogen and oxygen atoms in total. The maximum Gasteiger partial charge on any atom is 0.281 e. The first kappa shape index (κ1) is 20.3. The quantitative estimate of drug-likeness (QED) is 0.724. The number of ether oxygens (including phenoxy) is 1.